The fourth-order valence-corrected chi connectivity index (χ4v) is 1.22. The Morgan fingerprint density at radius 2 is 2.45 bits per heavy atom. The van der Waals surface area contributed by atoms with Gasteiger partial charge in [-0.15, -0.1) is 0 Å². The van der Waals surface area contributed by atoms with Gasteiger partial charge < -0.3 is 10.3 Å². The van der Waals surface area contributed by atoms with Crippen LogP contribution in [0.4, 0.5) is 0 Å². The minimum Gasteiger partial charge on any atom is -0.367 e. The predicted octanol–water partition coefficient (Wildman–Crippen LogP) is 1.56. The molecule has 2 heteroatoms. The third-order valence-electron chi connectivity index (χ3n) is 2.05. The average molecular weight is 152 g/mol. The van der Waals surface area contributed by atoms with Gasteiger partial charge in [0.25, 0.3) is 0 Å². The molecule has 2 nitrogen and oxygen atoms in total. The maximum atomic E-state index is 3.28. The van der Waals surface area contributed by atoms with Gasteiger partial charge in [-0.1, -0.05) is 6.92 Å². The summed E-state index contributed by atoms with van der Waals surface area (Å²) in [7, 11) is 2.01. The highest BCUT2D eigenvalue weighted by atomic mass is 14.9. The number of likely N-dealkylation sites (N-methyl/N-ethyl adjacent to an activating group) is 1. The van der Waals surface area contributed by atoms with Crippen molar-refractivity contribution >= 4 is 0 Å². The molecular formula is C9H16N2. The Hall–Kier alpha value is -0.760. The fourth-order valence-electron chi connectivity index (χ4n) is 1.22. The Morgan fingerprint density at radius 1 is 1.64 bits per heavy atom. The molecule has 0 aliphatic carbocycles. The van der Waals surface area contributed by atoms with Crippen molar-refractivity contribution < 1.29 is 0 Å². The molecular weight excluding hydrogens is 136 g/mol. The van der Waals surface area contributed by atoms with Gasteiger partial charge in [0.1, 0.15) is 0 Å². The Kier molecular flexibility index (Phi) is 3.17. The molecule has 2 N–H and O–H groups in total. The standard InChI is InChI=1S/C9H16N2/c1-3-9(10-2)6-8-4-5-11-7-8/h4-5,7,9-11H,3,6H2,1-2H3. The third kappa shape index (κ3) is 2.39. The molecule has 0 aliphatic rings. The van der Waals surface area contributed by atoms with Crippen LogP contribution < -0.4 is 5.32 Å². The number of aromatic nitrogens is 1. The van der Waals surface area contributed by atoms with E-state index < -0.39 is 0 Å². The van der Waals surface area contributed by atoms with Crippen molar-refractivity contribution in [3.05, 3.63) is 24.0 Å². The summed E-state index contributed by atoms with van der Waals surface area (Å²) in [6, 6.07) is 2.74. The van der Waals surface area contributed by atoms with Crippen LogP contribution in [0.2, 0.25) is 0 Å². The number of rotatable bonds is 4. The number of hydrogen-bond donors (Lipinski definition) is 2. The molecule has 0 aliphatic heterocycles. The number of nitrogens with one attached hydrogen (secondary N) is 2. The van der Waals surface area contributed by atoms with Gasteiger partial charge in [-0.25, -0.2) is 0 Å². The van der Waals surface area contributed by atoms with E-state index in [2.05, 4.69) is 29.5 Å². The van der Waals surface area contributed by atoms with Crippen LogP contribution in [0.15, 0.2) is 18.5 Å². The van der Waals surface area contributed by atoms with Crippen molar-refractivity contribution in [2.75, 3.05) is 7.05 Å². The van der Waals surface area contributed by atoms with Crippen LogP contribution in [-0.2, 0) is 6.42 Å². The van der Waals surface area contributed by atoms with Crippen molar-refractivity contribution in [1.82, 2.24) is 10.3 Å². The minimum atomic E-state index is 0.616. The monoisotopic (exact) mass is 152 g/mol. The van der Waals surface area contributed by atoms with E-state index in [4.69, 9.17) is 0 Å². The van der Waals surface area contributed by atoms with Crippen molar-refractivity contribution in [2.24, 2.45) is 0 Å². The largest absolute Gasteiger partial charge is 0.367 e. The van der Waals surface area contributed by atoms with Crippen molar-refractivity contribution in [3.63, 3.8) is 0 Å². The Balaban J connectivity index is 2.41. The molecule has 0 saturated heterocycles. The Labute approximate surface area is 68.0 Å². The van der Waals surface area contributed by atoms with Gasteiger partial charge >= 0.3 is 0 Å². The van der Waals surface area contributed by atoms with Crippen LogP contribution in [0.5, 0.6) is 0 Å². The van der Waals surface area contributed by atoms with E-state index in [1.807, 2.05) is 13.2 Å². The van der Waals surface area contributed by atoms with Crippen molar-refractivity contribution in [3.8, 4) is 0 Å². The maximum absolute atomic E-state index is 3.28. The van der Waals surface area contributed by atoms with Gasteiger partial charge in [0.15, 0.2) is 0 Å². The van der Waals surface area contributed by atoms with E-state index in [0.717, 1.165) is 6.42 Å². The fraction of sp³-hybridized carbons (Fsp3) is 0.556. The Bertz CT molecular complexity index is 175. The van der Waals surface area contributed by atoms with Gasteiger partial charge in [0.2, 0.25) is 0 Å². The zero-order valence-corrected chi connectivity index (χ0v) is 7.22. The number of hydrogen-bond acceptors (Lipinski definition) is 1. The van der Waals surface area contributed by atoms with Crippen LogP contribution in [0, 0.1) is 0 Å². The predicted molar refractivity (Wildman–Crippen MR) is 47.6 cm³/mol. The molecule has 1 unspecified atom stereocenters. The zero-order chi connectivity index (χ0) is 8.10. The molecule has 1 aromatic rings. The lowest BCUT2D eigenvalue weighted by molar-refractivity contribution is 0.543. The highest BCUT2D eigenvalue weighted by molar-refractivity contribution is 5.09. The van der Waals surface area contributed by atoms with Gasteiger partial charge in [0, 0.05) is 18.4 Å². The molecule has 1 aromatic heterocycles. The minimum absolute atomic E-state index is 0.616. The molecule has 0 saturated carbocycles. The summed E-state index contributed by atoms with van der Waals surface area (Å²) in [4.78, 5) is 3.06. The first-order valence-corrected chi connectivity index (χ1v) is 4.15. The van der Waals surface area contributed by atoms with Gasteiger partial charge in [-0.2, -0.15) is 0 Å². The molecule has 0 amide bonds. The van der Waals surface area contributed by atoms with Gasteiger partial charge in [0.05, 0.1) is 0 Å². The summed E-state index contributed by atoms with van der Waals surface area (Å²) in [5.41, 5.74) is 1.38. The first kappa shape index (κ1) is 8.34. The SMILES string of the molecule is CCC(Cc1cc[nH]c1)NC. The molecule has 11 heavy (non-hydrogen) atoms. The van der Waals surface area contributed by atoms with Crippen molar-refractivity contribution in [1.29, 1.82) is 0 Å². The molecule has 0 spiro atoms. The molecule has 1 heterocycles. The second-order valence-electron chi connectivity index (χ2n) is 2.82. The normalized spacial score (nSPS) is 13.3. The molecule has 0 aromatic carbocycles. The van der Waals surface area contributed by atoms with Crippen LogP contribution >= 0.6 is 0 Å². The van der Waals surface area contributed by atoms with E-state index >= 15 is 0 Å². The summed E-state index contributed by atoms with van der Waals surface area (Å²) < 4.78 is 0. The first-order valence-electron chi connectivity index (χ1n) is 4.15. The summed E-state index contributed by atoms with van der Waals surface area (Å²) in [5.74, 6) is 0. The Morgan fingerprint density at radius 3 is 2.91 bits per heavy atom. The van der Waals surface area contributed by atoms with Crippen LogP contribution in [0.25, 0.3) is 0 Å². The molecule has 1 atom stereocenters. The molecule has 0 bridgehead atoms. The number of aromatic amines is 1. The highest BCUT2D eigenvalue weighted by Crippen LogP contribution is 2.03. The van der Waals surface area contributed by atoms with E-state index in [0.29, 0.717) is 6.04 Å². The highest BCUT2D eigenvalue weighted by Gasteiger charge is 2.03. The van der Waals surface area contributed by atoms with E-state index in [-0.39, 0.29) is 0 Å². The summed E-state index contributed by atoms with van der Waals surface area (Å²) in [6.07, 6.45) is 6.33. The topological polar surface area (TPSA) is 27.8 Å². The maximum Gasteiger partial charge on any atom is 0.0102 e. The van der Waals surface area contributed by atoms with Gasteiger partial charge in [-0.3, -0.25) is 0 Å². The smallest absolute Gasteiger partial charge is 0.0102 e. The van der Waals surface area contributed by atoms with Crippen LogP contribution in [0.3, 0.4) is 0 Å². The van der Waals surface area contributed by atoms with Crippen LogP contribution in [0.1, 0.15) is 18.9 Å². The summed E-state index contributed by atoms with van der Waals surface area (Å²) in [5, 5.41) is 3.28. The summed E-state index contributed by atoms with van der Waals surface area (Å²) in [6.45, 7) is 2.20. The van der Waals surface area contributed by atoms with E-state index in [1.54, 1.807) is 0 Å². The molecule has 1 rings (SSSR count). The van der Waals surface area contributed by atoms with Gasteiger partial charge in [-0.05, 0) is 31.5 Å². The molecule has 0 fully saturated rings. The van der Waals surface area contributed by atoms with E-state index in [9.17, 15) is 0 Å². The van der Waals surface area contributed by atoms with Crippen molar-refractivity contribution in [2.45, 2.75) is 25.8 Å². The second-order valence-corrected chi connectivity index (χ2v) is 2.82. The molecule has 0 radical (unpaired) electrons. The second kappa shape index (κ2) is 4.19. The average Bonchev–Trinajstić information content (AvgIpc) is 2.52. The quantitative estimate of drug-likeness (QED) is 0.673. The lowest BCUT2D eigenvalue weighted by Gasteiger charge is -2.11. The lowest BCUT2D eigenvalue weighted by Crippen LogP contribution is -2.26. The van der Waals surface area contributed by atoms with E-state index in [1.165, 1.54) is 12.0 Å². The number of H-pyrrole nitrogens is 1. The molecule has 62 valence electrons. The third-order valence-corrected chi connectivity index (χ3v) is 2.05. The van der Waals surface area contributed by atoms with Crippen LogP contribution in [-0.4, -0.2) is 18.1 Å². The first-order chi connectivity index (χ1) is 5.36. The zero-order valence-electron chi connectivity index (χ0n) is 7.22. The summed E-state index contributed by atoms with van der Waals surface area (Å²) >= 11 is 0. The lowest BCUT2D eigenvalue weighted by atomic mass is 10.1.